The lowest BCUT2D eigenvalue weighted by Crippen LogP contribution is -2.48. The topological polar surface area (TPSA) is 45.2 Å². The van der Waals surface area contributed by atoms with Gasteiger partial charge in [-0.25, -0.2) is 4.39 Å². The van der Waals surface area contributed by atoms with Crippen molar-refractivity contribution in [3.05, 3.63) is 65.2 Å². The molecule has 1 saturated heterocycles. The second-order valence-corrected chi connectivity index (χ2v) is 5.52. The van der Waals surface area contributed by atoms with E-state index < -0.39 is 0 Å². The Bertz CT molecular complexity index is 672. The summed E-state index contributed by atoms with van der Waals surface area (Å²) >= 11 is 0. The number of nitrogens with one attached hydrogen (secondary N) is 1. The number of carbonyl (C=O) groups is 1. The number of pyridine rings is 1. The number of aromatic nitrogens is 1. The molecule has 1 N–H and O–H groups in total. The molecule has 22 heavy (non-hydrogen) atoms. The molecule has 5 heteroatoms. The first-order chi connectivity index (χ1) is 10.6. The van der Waals surface area contributed by atoms with Crippen molar-refractivity contribution >= 4 is 5.91 Å². The lowest BCUT2D eigenvalue weighted by atomic mass is 10.0. The van der Waals surface area contributed by atoms with Crippen molar-refractivity contribution < 1.29 is 9.18 Å². The second kappa shape index (κ2) is 6.23. The predicted octanol–water partition coefficient (Wildman–Crippen LogP) is 2.32. The van der Waals surface area contributed by atoms with Gasteiger partial charge in [0.15, 0.2) is 0 Å². The molecule has 0 radical (unpaired) electrons. The molecule has 2 aromatic rings. The van der Waals surface area contributed by atoms with E-state index >= 15 is 0 Å². The molecule has 1 amide bonds. The van der Waals surface area contributed by atoms with Gasteiger partial charge in [0.05, 0.1) is 11.6 Å². The minimum Gasteiger partial charge on any atom is -0.329 e. The summed E-state index contributed by atoms with van der Waals surface area (Å²) in [5.74, 6) is -0.305. The van der Waals surface area contributed by atoms with Crippen LogP contribution in [-0.2, 0) is 0 Å². The Morgan fingerprint density at radius 1 is 1.32 bits per heavy atom. The molecule has 0 spiro atoms. The smallest absolute Gasteiger partial charge is 0.256 e. The fourth-order valence-corrected chi connectivity index (χ4v) is 2.77. The SMILES string of the molecule is Cc1cncc(C(=O)N2CCNCC2c2ccc(F)cc2)c1. The van der Waals surface area contributed by atoms with Gasteiger partial charge >= 0.3 is 0 Å². The molecule has 0 saturated carbocycles. The van der Waals surface area contributed by atoms with Gasteiger partial charge in [-0.2, -0.15) is 0 Å². The van der Waals surface area contributed by atoms with Crippen LogP contribution in [0.3, 0.4) is 0 Å². The number of benzene rings is 1. The second-order valence-electron chi connectivity index (χ2n) is 5.52. The summed E-state index contributed by atoms with van der Waals surface area (Å²) in [4.78, 5) is 18.7. The van der Waals surface area contributed by atoms with Crippen LogP contribution >= 0.6 is 0 Å². The van der Waals surface area contributed by atoms with Gasteiger partial charge < -0.3 is 10.2 Å². The minimum absolute atomic E-state index is 0.0352. The Morgan fingerprint density at radius 2 is 2.09 bits per heavy atom. The molecule has 0 bridgehead atoms. The summed E-state index contributed by atoms with van der Waals surface area (Å²) in [6.07, 6.45) is 3.32. The third kappa shape index (κ3) is 2.99. The average molecular weight is 299 g/mol. The summed E-state index contributed by atoms with van der Waals surface area (Å²) in [7, 11) is 0. The monoisotopic (exact) mass is 299 g/mol. The maximum Gasteiger partial charge on any atom is 0.256 e. The van der Waals surface area contributed by atoms with Crippen LogP contribution in [0.5, 0.6) is 0 Å². The molecule has 1 aliphatic rings. The number of hydrogen-bond acceptors (Lipinski definition) is 3. The van der Waals surface area contributed by atoms with E-state index in [1.165, 1.54) is 12.1 Å². The molecule has 1 aliphatic heterocycles. The summed E-state index contributed by atoms with van der Waals surface area (Å²) in [6, 6.07) is 8.09. The van der Waals surface area contributed by atoms with Gasteiger partial charge in [0, 0.05) is 32.0 Å². The number of aryl methyl sites for hydroxylation is 1. The molecule has 1 fully saturated rings. The Labute approximate surface area is 129 Å². The highest BCUT2D eigenvalue weighted by Gasteiger charge is 2.28. The summed E-state index contributed by atoms with van der Waals surface area (Å²) < 4.78 is 13.1. The maximum atomic E-state index is 13.1. The average Bonchev–Trinajstić information content (AvgIpc) is 2.55. The maximum absolute atomic E-state index is 13.1. The third-order valence-electron chi connectivity index (χ3n) is 3.88. The van der Waals surface area contributed by atoms with Crippen LogP contribution < -0.4 is 5.32 Å². The normalized spacial score (nSPS) is 18.3. The molecule has 114 valence electrons. The Kier molecular flexibility index (Phi) is 4.15. The first-order valence-corrected chi connectivity index (χ1v) is 7.34. The van der Waals surface area contributed by atoms with Crippen LogP contribution in [0.4, 0.5) is 4.39 Å². The van der Waals surface area contributed by atoms with E-state index in [1.807, 2.05) is 17.9 Å². The van der Waals surface area contributed by atoms with Crippen molar-refractivity contribution in [3.63, 3.8) is 0 Å². The molecule has 1 atom stereocenters. The quantitative estimate of drug-likeness (QED) is 0.925. The number of rotatable bonds is 2. The number of hydrogen-bond donors (Lipinski definition) is 1. The number of carbonyl (C=O) groups excluding carboxylic acids is 1. The fraction of sp³-hybridized carbons (Fsp3) is 0.294. The van der Waals surface area contributed by atoms with Crippen molar-refractivity contribution in [2.75, 3.05) is 19.6 Å². The van der Waals surface area contributed by atoms with E-state index in [2.05, 4.69) is 10.3 Å². The lowest BCUT2D eigenvalue weighted by molar-refractivity contribution is 0.0634. The van der Waals surface area contributed by atoms with E-state index in [4.69, 9.17) is 0 Å². The highest BCUT2D eigenvalue weighted by atomic mass is 19.1. The molecule has 1 unspecified atom stereocenters. The lowest BCUT2D eigenvalue weighted by Gasteiger charge is -2.36. The van der Waals surface area contributed by atoms with Gasteiger partial charge in [-0.1, -0.05) is 12.1 Å². The van der Waals surface area contributed by atoms with Gasteiger partial charge in [0.2, 0.25) is 0 Å². The highest BCUT2D eigenvalue weighted by molar-refractivity contribution is 5.94. The van der Waals surface area contributed by atoms with Crippen LogP contribution in [-0.4, -0.2) is 35.4 Å². The highest BCUT2D eigenvalue weighted by Crippen LogP contribution is 2.24. The largest absolute Gasteiger partial charge is 0.329 e. The van der Waals surface area contributed by atoms with E-state index in [0.717, 1.165) is 17.7 Å². The molecular weight excluding hydrogens is 281 g/mol. The van der Waals surface area contributed by atoms with E-state index in [1.54, 1.807) is 24.5 Å². The zero-order valence-corrected chi connectivity index (χ0v) is 12.4. The molecule has 1 aromatic heterocycles. The molecule has 2 heterocycles. The molecule has 1 aromatic carbocycles. The number of halogens is 1. The van der Waals surface area contributed by atoms with Crippen LogP contribution in [0.25, 0.3) is 0 Å². The Morgan fingerprint density at radius 3 is 2.82 bits per heavy atom. The zero-order chi connectivity index (χ0) is 15.5. The van der Waals surface area contributed by atoms with Crippen LogP contribution in [0.15, 0.2) is 42.7 Å². The number of piperazine rings is 1. The first kappa shape index (κ1) is 14.7. The summed E-state index contributed by atoms with van der Waals surface area (Å²) in [5.41, 5.74) is 2.48. The van der Waals surface area contributed by atoms with Crippen molar-refractivity contribution in [1.82, 2.24) is 15.2 Å². The van der Waals surface area contributed by atoms with Crippen LogP contribution in [0.1, 0.15) is 27.5 Å². The van der Waals surface area contributed by atoms with Crippen molar-refractivity contribution in [1.29, 1.82) is 0 Å². The van der Waals surface area contributed by atoms with Gasteiger partial charge in [0.25, 0.3) is 5.91 Å². The third-order valence-corrected chi connectivity index (χ3v) is 3.88. The van der Waals surface area contributed by atoms with Gasteiger partial charge in [-0.15, -0.1) is 0 Å². The van der Waals surface area contributed by atoms with Crippen molar-refractivity contribution in [2.45, 2.75) is 13.0 Å². The summed E-state index contributed by atoms with van der Waals surface area (Å²) in [5, 5.41) is 3.29. The molecule has 0 aliphatic carbocycles. The van der Waals surface area contributed by atoms with Gasteiger partial charge in [-0.05, 0) is 36.2 Å². The van der Waals surface area contributed by atoms with E-state index in [9.17, 15) is 9.18 Å². The first-order valence-electron chi connectivity index (χ1n) is 7.34. The molecule has 3 rings (SSSR count). The standard InChI is InChI=1S/C17H18FN3O/c1-12-8-14(10-20-9-12)17(22)21-7-6-19-11-16(21)13-2-4-15(18)5-3-13/h2-5,8-10,16,19H,6-7,11H2,1H3. The van der Waals surface area contributed by atoms with Gasteiger partial charge in [-0.3, -0.25) is 9.78 Å². The number of amides is 1. The Balaban J connectivity index is 1.89. The number of nitrogens with zero attached hydrogens (tertiary/aromatic N) is 2. The van der Waals surface area contributed by atoms with Crippen LogP contribution in [0, 0.1) is 12.7 Å². The minimum atomic E-state index is -0.270. The van der Waals surface area contributed by atoms with Crippen molar-refractivity contribution in [2.24, 2.45) is 0 Å². The molecule has 4 nitrogen and oxygen atoms in total. The van der Waals surface area contributed by atoms with Crippen molar-refractivity contribution in [3.8, 4) is 0 Å². The van der Waals surface area contributed by atoms with E-state index in [0.29, 0.717) is 18.7 Å². The van der Waals surface area contributed by atoms with E-state index in [-0.39, 0.29) is 17.8 Å². The summed E-state index contributed by atoms with van der Waals surface area (Å²) in [6.45, 7) is 3.95. The van der Waals surface area contributed by atoms with Gasteiger partial charge in [0.1, 0.15) is 5.82 Å². The Hall–Kier alpha value is -2.27. The van der Waals surface area contributed by atoms with Crippen LogP contribution in [0.2, 0.25) is 0 Å². The zero-order valence-electron chi connectivity index (χ0n) is 12.4. The predicted molar refractivity (Wildman–Crippen MR) is 82.0 cm³/mol. The fourth-order valence-electron chi connectivity index (χ4n) is 2.77. The molecular formula is C17H18FN3O.